The van der Waals surface area contributed by atoms with E-state index in [0.717, 1.165) is 24.2 Å². The van der Waals surface area contributed by atoms with Crippen molar-refractivity contribution in [3.8, 4) is 0 Å². The maximum absolute atomic E-state index is 12.5. The number of anilines is 2. The van der Waals surface area contributed by atoms with Gasteiger partial charge in [-0.2, -0.15) is 0 Å². The van der Waals surface area contributed by atoms with Gasteiger partial charge < -0.3 is 14.5 Å². The van der Waals surface area contributed by atoms with E-state index >= 15 is 0 Å². The van der Waals surface area contributed by atoms with Crippen LogP contribution in [0.15, 0.2) is 18.2 Å². The van der Waals surface area contributed by atoms with Gasteiger partial charge in [-0.3, -0.25) is 4.79 Å². The predicted octanol–water partition coefficient (Wildman–Crippen LogP) is 2.59. The van der Waals surface area contributed by atoms with Crippen LogP contribution in [0.2, 0.25) is 0 Å². The quantitative estimate of drug-likeness (QED) is 0.788. The number of rotatable bonds is 2. The Bertz CT molecular complexity index is 608. The Kier molecular flexibility index (Phi) is 3.81. The lowest BCUT2D eigenvalue weighted by Crippen LogP contribution is -2.54. The molecule has 22 heavy (non-hydrogen) atoms. The number of esters is 1. The van der Waals surface area contributed by atoms with Gasteiger partial charge in [0.2, 0.25) is 5.91 Å². The van der Waals surface area contributed by atoms with Gasteiger partial charge in [0.25, 0.3) is 0 Å². The van der Waals surface area contributed by atoms with Gasteiger partial charge in [-0.05, 0) is 38.0 Å². The monoisotopic (exact) mass is 302 g/mol. The van der Waals surface area contributed by atoms with Crippen molar-refractivity contribution in [1.29, 1.82) is 0 Å². The van der Waals surface area contributed by atoms with Crippen LogP contribution >= 0.6 is 0 Å². The summed E-state index contributed by atoms with van der Waals surface area (Å²) in [7, 11) is 3.18. The molecule has 1 aromatic rings. The molecule has 0 radical (unpaired) electrons. The van der Waals surface area contributed by atoms with Crippen molar-refractivity contribution in [2.45, 2.75) is 44.7 Å². The number of ether oxygens (including phenoxy) is 1. The van der Waals surface area contributed by atoms with Crippen LogP contribution in [0.25, 0.3) is 0 Å². The molecule has 0 N–H and O–H groups in total. The van der Waals surface area contributed by atoms with Crippen molar-refractivity contribution in [3.63, 3.8) is 0 Å². The normalized spacial score (nSPS) is 22.0. The van der Waals surface area contributed by atoms with E-state index < -0.39 is 0 Å². The number of benzene rings is 1. The zero-order valence-electron chi connectivity index (χ0n) is 13.3. The Morgan fingerprint density at radius 2 is 1.91 bits per heavy atom. The van der Waals surface area contributed by atoms with Gasteiger partial charge in [-0.15, -0.1) is 0 Å². The van der Waals surface area contributed by atoms with Crippen LogP contribution in [0.3, 0.4) is 0 Å². The fraction of sp³-hybridized carbons (Fsp3) is 0.529. The van der Waals surface area contributed by atoms with Gasteiger partial charge in [0.1, 0.15) is 6.04 Å². The molecule has 0 unspecified atom stereocenters. The van der Waals surface area contributed by atoms with E-state index in [1.807, 2.05) is 19.1 Å². The molecule has 1 aliphatic carbocycles. The Morgan fingerprint density at radius 3 is 2.55 bits per heavy atom. The average molecular weight is 302 g/mol. The largest absolute Gasteiger partial charge is 0.465 e. The van der Waals surface area contributed by atoms with Gasteiger partial charge in [-0.1, -0.05) is 12.8 Å². The molecular formula is C17H22N2O3. The van der Waals surface area contributed by atoms with Crippen LogP contribution < -0.4 is 9.80 Å². The molecule has 1 atom stereocenters. The van der Waals surface area contributed by atoms with Crippen molar-refractivity contribution in [1.82, 2.24) is 0 Å². The molecule has 1 saturated carbocycles. The molecule has 0 aromatic heterocycles. The first-order valence-corrected chi connectivity index (χ1v) is 7.83. The molecule has 0 saturated heterocycles. The van der Waals surface area contributed by atoms with E-state index in [9.17, 15) is 9.59 Å². The second-order valence-electron chi connectivity index (χ2n) is 6.11. The molecule has 2 aliphatic rings. The Morgan fingerprint density at radius 1 is 1.23 bits per heavy atom. The molecule has 118 valence electrons. The molecule has 1 fully saturated rings. The molecule has 3 rings (SSSR count). The number of hydrogen-bond acceptors (Lipinski definition) is 4. The fourth-order valence-electron chi connectivity index (χ4n) is 3.68. The van der Waals surface area contributed by atoms with Crippen molar-refractivity contribution in [3.05, 3.63) is 23.8 Å². The second kappa shape index (κ2) is 5.63. The molecule has 1 aromatic carbocycles. The summed E-state index contributed by atoms with van der Waals surface area (Å²) in [5.41, 5.74) is 2.35. The SMILES string of the molecule is COC(=O)c1ccc2c(c1)N(C1CCCC1)[C@H](C)C(=O)N2C. The minimum atomic E-state index is -0.346. The first-order chi connectivity index (χ1) is 10.5. The lowest BCUT2D eigenvalue weighted by atomic mass is 10.0. The zero-order chi connectivity index (χ0) is 15.9. The first kappa shape index (κ1) is 14.9. The highest BCUT2D eigenvalue weighted by Crippen LogP contribution is 2.40. The highest BCUT2D eigenvalue weighted by Gasteiger charge is 2.38. The van der Waals surface area contributed by atoms with E-state index in [-0.39, 0.29) is 17.9 Å². The standard InChI is InChI=1S/C17H22N2O3/c1-11-16(20)18(2)14-9-8-12(17(21)22-3)10-15(14)19(11)13-6-4-5-7-13/h8-11,13H,4-7H2,1-3H3/t11-/m1/s1. The third kappa shape index (κ3) is 2.25. The number of carbonyl (C=O) groups is 2. The fourth-order valence-corrected chi connectivity index (χ4v) is 3.68. The van der Waals surface area contributed by atoms with Gasteiger partial charge in [0.05, 0.1) is 24.0 Å². The number of hydrogen-bond donors (Lipinski definition) is 0. The summed E-state index contributed by atoms with van der Waals surface area (Å²) in [5, 5.41) is 0. The number of likely N-dealkylation sites (N-methyl/N-ethyl adjacent to an activating group) is 1. The third-order valence-corrected chi connectivity index (χ3v) is 4.86. The average Bonchev–Trinajstić information content (AvgIpc) is 3.05. The van der Waals surface area contributed by atoms with Gasteiger partial charge in [0, 0.05) is 13.1 Å². The summed E-state index contributed by atoms with van der Waals surface area (Å²) >= 11 is 0. The topological polar surface area (TPSA) is 49.9 Å². The summed E-state index contributed by atoms with van der Waals surface area (Å²) in [6.45, 7) is 1.95. The minimum Gasteiger partial charge on any atom is -0.465 e. The third-order valence-electron chi connectivity index (χ3n) is 4.86. The Hall–Kier alpha value is -2.04. The molecule has 1 heterocycles. The Labute approximate surface area is 130 Å². The lowest BCUT2D eigenvalue weighted by molar-refractivity contribution is -0.119. The molecule has 1 aliphatic heterocycles. The molecular weight excluding hydrogens is 280 g/mol. The van der Waals surface area contributed by atoms with E-state index in [2.05, 4.69) is 4.90 Å². The van der Waals surface area contributed by atoms with Gasteiger partial charge in [0.15, 0.2) is 0 Å². The van der Waals surface area contributed by atoms with Crippen LogP contribution in [-0.4, -0.2) is 38.1 Å². The van der Waals surface area contributed by atoms with Gasteiger partial charge >= 0.3 is 5.97 Å². The maximum atomic E-state index is 12.5. The Balaban J connectivity index is 2.09. The molecule has 5 nitrogen and oxygen atoms in total. The summed E-state index contributed by atoms with van der Waals surface area (Å²) < 4.78 is 4.82. The molecule has 1 amide bonds. The van der Waals surface area contributed by atoms with Crippen LogP contribution in [0, 0.1) is 0 Å². The smallest absolute Gasteiger partial charge is 0.337 e. The second-order valence-corrected chi connectivity index (χ2v) is 6.11. The van der Waals surface area contributed by atoms with Crippen LogP contribution in [-0.2, 0) is 9.53 Å². The van der Waals surface area contributed by atoms with Crippen LogP contribution in [0.5, 0.6) is 0 Å². The summed E-state index contributed by atoms with van der Waals surface area (Å²) in [6.07, 6.45) is 4.60. The van der Waals surface area contributed by atoms with Crippen molar-refractivity contribution < 1.29 is 14.3 Å². The van der Waals surface area contributed by atoms with Crippen molar-refractivity contribution in [2.24, 2.45) is 0 Å². The van der Waals surface area contributed by atoms with Crippen LogP contribution in [0.4, 0.5) is 11.4 Å². The summed E-state index contributed by atoms with van der Waals surface area (Å²) in [5.74, 6) is -0.244. The number of fused-ring (bicyclic) bond motifs is 1. The highest BCUT2D eigenvalue weighted by molar-refractivity contribution is 6.06. The number of carbonyl (C=O) groups excluding carboxylic acids is 2. The van der Waals surface area contributed by atoms with Crippen molar-refractivity contribution in [2.75, 3.05) is 24.0 Å². The number of methoxy groups -OCH3 is 1. The molecule has 0 spiro atoms. The zero-order valence-corrected chi connectivity index (χ0v) is 13.3. The summed E-state index contributed by atoms with van der Waals surface area (Å²) in [6, 6.07) is 5.59. The first-order valence-electron chi connectivity index (χ1n) is 7.83. The minimum absolute atomic E-state index is 0.102. The lowest BCUT2D eigenvalue weighted by Gasteiger charge is -2.43. The predicted molar refractivity (Wildman–Crippen MR) is 85.4 cm³/mol. The van der Waals surface area contributed by atoms with Gasteiger partial charge in [-0.25, -0.2) is 4.79 Å². The maximum Gasteiger partial charge on any atom is 0.337 e. The van der Waals surface area contributed by atoms with Crippen molar-refractivity contribution >= 4 is 23.3 Å². The van der Waals surface area contributed by atoms with E-state index in [1.165, 1.54) is 20.0 Å². The molecule has 0 bridgehead atoms. The van der Waals surface area contributed by atoms with E-state index in [0.29, 0.717) is 11.6 Å². The van der Waals surface area contributed by atoms with E-state index in [4.69, 9.17) is 4.74 Å². The molecule has 5 heteroatoms. The van der Waals surface area contributed by atoms with Crippen LogP contribution in [0.1, 0.15) is 43.0 Å². The number of nitrogens with zero attached hydrogens (tertiary/aromatic N) is 2. The number of amides is 1. The van der Waals surface area contributed by atoms with E-state index in [1.54, 1.807) is 18.0 Å². The highest BCUT2D eigenvalue weighted by atomic mass is 16.5. The summed E-state index contributed by atoms with van der Waals surface area (Å²) in [4.78, 5) is 28.2.